The minimum absolute atomic E-state index is 0.00540. The van der Waals surface area contributed by atoms with Crippen molar-refractivity contribution in [2.75, 3.05) is 4.72 Å². The number of nitro groups is 1. The van der Waals surface area contributed by atoms with Crippen molar-refractivity contribution in [3.8, 4) is 0 Å². The van der Waals surface area contributed by atoms with Crippen LogP contribution in [0.3, 0.4) is 0 Å². The van der Waals surface area contributed by atoms with Crippen molar-refractivity contribution in [3.63, 3.8) is 0 Å². The van der Waals surface area contributed by atoms with Crippen molar-refractivity contribution in [3.05, 3.63) is 99.1 Å². The molecule has 0 aliphatic carbocycles. The molecule has 0 bridgehead atoms. The van der Waals surface area contributed by atoms with Crippen LogP contribution < -0.4 is 10.1 Å². The lowest BCUT2D eigenvalue weighted by molar-refractivity contribution is -0.384. The number of rotatable bonds is 7. The van der Waals surface area contributed by atoms with Gasteiger partial charge in [-0.2, -0.15) is 5.10 Å². The zero-order chi connectivity index (χ0) is 22.4. The number of anilines is 1. The summed E-state index contributed by atoms with van der Waals surface area (Å²) in [5.74, 6) is -0.544. The first-order valence-electron chi connectivity index (χ1n) is 8.71. The zero-order valence-corrected chi connectivity index (χ0v) is 17.3. The number of carbonyl (C=O) groups excluding carboxylic acids is 1. The van der Waals surface area contributed by atoms with E-state index in [1.165, 1.54) is 60.8 Å². The summed E-state index contributed by atoms with van der Waals surface area (Å²) in [6.45, 7) is 0. The molecule has 0 radical (unpaired) electrons. The Morgan fingerprint density at radius 2 is 1.71 bits per heavy atom. The molecule has 3 aromatic carbocycles. The summed E-state index contributed by atoms with van der Waals surface area (Å²) >= 11 is 5.74. The molecule has 1 amide bonds. The third-order valence-corrected chi connectivity index (χ3v) is 5.72. The molecule has 0 unspecified atom stereocenters. The number of halogens is 1. The van der Waals surface area contributed by atoms with Crippen LogP contribution in [-0.2, 0) is 10.0 Å². The van der Waals surface area contributed by atoms with Gasteiger partial charge in [0.05, 0.1) is 16.0 Å². The molecule has 31 heavy (non-hydrogen) atoms. The highest BCUT2D eigenvalue weighted by molar-refractivity contribution is 7.92. The standard InChI is InChI=1S/C20H15ClN4O5S/c21-18-11-6-14(12-19(18)25(27)28)13-22-23-20(26)15-7-9-16(10-8-15)24-31(29,30)17-4-2-1-3-5-17/h1-13,24H,(H,23,26)/b22-13+. The molecule has 11 heteroatoms. The number of nitro benzene ring substituents is 1. The van der Waals surface area contributed by atoms with E-state index < -0.39 is 20.9 Å². The Kier molecular flexibility index (Phi) is 6.63. The van der Waals surface area contributed by atoms with Gasteiger partial charge in [0.1, 0.15) is 5.02 Å². The van der Waals surface area contributed by atoms with Crippen LogP contribution in [0.5, 0.6) is 0 Å². The Bertz CT molecular complexity index is 1250. The van der Waals surface area contributed by atoms with E-state index >= 15 is 0 Å². The van der Waals surface area contributed by atoms with E-state index in [0.717, 1.165) is 0 Å². The average molecular weight is 459 g/mol. The number of hydrazone groups is 1. The fourth-order valence-electron chi connectivity index (χ4n) is 2.48. The fourth-order valence-corrected chi connectivity index (χ4v) is 3.75. The van der Waals surface area contributed by atoms with Crippen LogP contribution in [-0.4, -0.2) is 25.5 Å². The van der Waals surface area contributed by atoms with Gasteiger partial charge in [0.15, 0.2) is 0 Å². The number of nitrogens with zero attached hydrogens (tertiary/aromatic N) is 2. The van der Waals surface area contributed by atoms with Crippen molar-refractivity contribution in [2.45, 2.75) is 4.90 Å². The molecule has 0 aliphatic heterocycles. The molecular weight excluding hydrogens is 444 g/mol. The Hall–Kier alpha value is -3.76. The lowest BCUT2D eigenvalue weighted by Crippen LogP contribution is -2.18. The summed E-state index contributed by atoms with van der Waals surface area (Å²) in [4.78, 5) is 22.6. The predicted molar refractivity (Wildman–Crippen MR) is 117 cm³/mol. The van der Waals surface area contributed by atoms with Crippen LogP contribution in [0.2, 0.25) is 5.02 Å². The van der Waals surface area contributed by atoms with E-state index in [0.29, 0.717) is 5.56 Å². The Morgan fingerprint density at radius 1 is 1.03 bits per heavy atom. The third kappa shape index (κ3) is 5.65. The maximum atomic E-state index is 12.3. The normalized spacial score (nSPS) is 11.3. The van der Waals surface area contributed by atoms with Gasteiger partial charge in [-0.1, -0.05) is 35.9 Å². The van der Waals surface area contributed by atoms with Crippen LogP contribution >= 0.6 is 11.6 Å². The molecule has 9 nitrogen and oxygen atoms in total. The van der Waals surface area contributed by atoms with Gasteiger partial charge < -0.3 is 0 Å². The van der Waals surface area contributed by atoms with Crippen LogP contribution in [0.1, 0.15) is 15.9 Å². The molecule has 0 fully saturated rings. The average Bonchev–Trinajstić information content (AvgIpc) is 2.75. The number of benzene rings is 3. The van der Waals surface area contributed by atoms with Gasteiger partial charge in [-0.15, -0.1) is 0 Å². The first-order valence-corrected chi connectivity index (χ1v) is 10.6. The summed E-state index contributed by atoms with van der Waals surface area (Å²) in [6.07, 6.45) is 1.24. The van der Waals surface area contributed by atoms with Crippen LogP contribution in [0.4, 0.5) is 11.4 Å². The maximum Gasteiger partial charge on any atom is 0.288 e. The lowest BCUT2D eigenvalue weighted by atomic mass is 10.2. The van der Waals surface area contributed by atoms with E-state index in [1.54, 1.807) is 18.2 Å². The quantitative estimate of drug-likeness (QED) is 0.315. The first-order chi connectivity index (χ1) is 14.8. The highest BCUT2D eigenvalue weighted by Crippen LogP contribution is 2.24. The molecule has 0 saturated carbocycles. The minimum Gasteiger partial charge on any atom is -0.280 e. The van der Waals surface area contributed by atoms with E-state index in [9.17, 15) is 23.3 Å². The Morgan fingerprint density at radius 3 is 2.35 bits per heavy atom. The SMILES string of the molecule is O=C(N/N=C/c1ccc(Cl)c([N+](=O)[O-])c1)c1ccc(NS(=O)(=O)c2ccccc2)cc1. The molecule has 0 spiro atoms. The minimum atomic E-state index is -3.74. The largest absolute Gasteiger partial charge is 0.288 e. The van der Waals surface area contributed by atoms with Gasteiger partial charge >= 0.3 is 0 Å². The monoisotopic (exact) mass is 458 g/mol. The smallest absolute Gasteiger partial charge is 0.280 e. The molecule has 3 aromatic rings. The molecule has 0 atom stereocenters. The Labute approximate surface area is 182 Å². The number of hydrogen-bond donors (Lipinski definition) is 2. The van der Waals surface area contributed by atoms with E-state index in [4.69, 9.17) is 11.6 Å². The van der Waals surface area contributed by atoms with Crippen molar-refractivity contribution in [1.29, 1.82) is 0 Å². The number of carbonyl (C=O) groups is 1. The second kappa shape index (κ2) is 9.37. The number of sulfonamides is 1. The summed E-state index contributed by atoms with van der Waals surface area (Å²) < 4.78 is 27.1. The molecule has 0 aliphatic rings. The Balaban J connectivity index is 1.64. The zero-order valence-electron chi connectivity index (χ0n) is 15.7. The predicted octanol–water partition coefficient (Wildman–Crippen LogP) is 3.81. The fraction of sp³-hybridized carbons (Fsp3) is 0. The molecular formula is C20H15ClN4O5S. The van der Waals surface area contributed by atoms with Crippen molar-refractivity contribution in [1.82, 2.24) is 5.43 Å². The highest BCUT2D eigenvalue weighted by atomic mass is 35.5. The maximum absolute atomic E-state index is 12.3. The van der Waals surface area contributed by atoms with E-state index in [-0.39, 0.29) is 26.9 Å². The molecule has 158 valence electrons. The molecule has 2 N–H and O–H groups in total. The molecule has 3 rings (SSSR count). The first kappa shape index (κ1) is 21.9. The molecule has 0 heterocycles. The second-order valence-corrected chi connectivity index (χ2v) is 8.25. The third-order valence-electron chi connectivity index (χ3n) is 4.00. The van der Waals surface area contributed by atoms with Crippen LogP contribution in [0.25, 0.3) is 0 Å². The van der Waals surface area contributed by atoms with Gasteiger partial charge in [0, 0.05) is 22.9 Å². The summed E-state index contributed by atoms with van der Waals surface area (Å²) in [5.41, 5.74) is 2.92. The lowest BCUT2D eigenvalue weighted by Gasteiger charge is -2.08. The molecule has 0 aromatic heterocycles. The van der Waals surface area contributed by atoms with E-state index in [1.807, 2.05) is 0 Å². The van der Waals surface area contributed by atoms with Crippen LogP contribution in [0.15, 0.2) is 82.8 Å². The summed E-state index contributed by atoms with van der Waals surface area (Å²) in [7, 11) is -3.74. The van der Waals surface area contributed by atoms with Gasteiger partial charge in [-0.05, 0) is 42.5 Å². The van der Waals surface area contributed by atoms with Crippen molar-refractivity contribution < 1.29 is 18.1 Å². The van der Waals surface area contributed by atoms with Crippen LogP contribution in [0, 0.1) is 10.1 Å². The number of hydrogen-bond acceptors (Lipinski definition) is 6. The second-order valence-electron chi connectivity index (χ2n) is 6.16. The number of nitrogens with one attached hydrogen (secondary N) is 2. The van der Waals surface area contributed by atoms with Gasteiger partial charge in [0.25, 0.3) is 21.6 Å². The van der Waals surface area contributed by atoms with Gasteiger partial charge in [0.2, 0.25) is 0 Å². The summed E-state index contributed by atoms with van der Waals surface area (Å²) in [5, 5.41) is 14.7. The summed E-state index contributed by atoms with van der Waals surface area (Å²) in [6, 6.07) is 17.7. The van der Waals surface area contributed by atoms with Crippen molar-refractivity contribution in [2.24, 2.45) is 5.10 Å². The highest BCUT2D eigenvalue weighted by Gasteiger charge is 2.14. The topological polar surface area (TPSA) is 131 Å². The van der Waals surface area contributed by atoms with Crippen molar-refractivity contribution >= 4 is 45.1 Å². The van der Waals surface area contributed by atoms with E-state index in [2.05, 4.69) is 15.2 Å². The number of amides is 1. The van der Waals surface area contributed by atoms with Gasteiger partial charge in [-0.25, -0.2) is 13.8 Å². The molecule has 0 saturated heterocycles. The van der Waals surface area contributed by atoms with Gasteiger partial charge in [-0.3, -0.25) is 19.6 Å².